The summed E-state index contributed by atoms with van der Waals surface area (Å²) in [6.07, 6.45) is 26.8. The van der Waals surface area contributed by atoms with Crippen molar-refractivity contribution in [1.29, 1.82) is 0 Å². The van der Waals surface area contributed by atoms with Crippen molar-refractivity contribution in [2.75, 3.05) is 0 Å². The molecule has 0 saturated heterocycles. The molecular weight excluding hydrogens is 1090 g/mol. The van der Waals surface area contributed by atoms with E-state index < -0.39 is 0 Å². The predicted molar refractivity (Wildman–Crippen MR) is 355 cm³/mol. The molecule has 88 heavy (non-hydrogen) atoms. The number of aryl methyl sites for hydroxylation is 22. The molecule has 0 saturated carbocycles. The van der Waals surface area contributed by atoms with E-state index in [9.17, 15) is 0 Å². The first kappa shape index (κ1) is 76.2. The minimum Gasteiger partial charge on any atom is -0.264 e. The molecule has 0 unspecified atom stereocenters. The Morgan fingerprint density at radius 1 is 0.205 bits per heavy atom. The first-order valence-corrected chi connectivity index (χ1v) is 28.6. The second kappa shape index (κ2) is 44.6. The molecule has 18 nitrogen and oxygen atoms in total. The summed E-state index contributed by atoms with van der Waals surface area (Å²) < 4.78 is 0. The van der Waals surface area contributed by atoms with Crippen molar-refractivity contribution in [3.8, 4) is 0 Å². The molecule has 0 fully saturated rings. The van der Waals surface area contributed by atoms with Crippen LogP contribution in [0.15, 0.2) is 160 Å². The Kier molecular flexibility index (Phi) is 38.6. The van der Waals surface area contributed by atoms with Gasteiger partial charge in [-0.2, -0.15) is 20.4 Å². The van der Waals surface area contributed by atoms with E-state index in [0.717, 1.165) is 74.3 Å². The molecule has 0 N–H and O–H groups in total. The van der Waals surface area contributed by atoms with Crippen LogP contribution in [0.1, 0.15) is 124 Å². The SMILES string of the molecule is Cc1cccnc1C.Cc1cccnc1C.Cc1cccnc1C.Cc1cccnc1C.Cc1ccncc1C.Cc1ccncc1C.Cc1ccnnc1C.Cc1cnc(C)cn1.Cc1cnc(C)nc1.Cc1cnc(C)nn1.Cc1cnc(C)nn1. The Balaban J connectivity index is 0.000000484. The zero-order valence-electron chi connectivity index (χ0n) is 56.1. The molecule has 11 heterocycles. The van der Waals surface area contributed by atoms with Gasteiger partial charge in [0.05, 0.1) is 40.9 Å². The van der Waals surface area contributed by atoms with Crippen molar-refractivity contribution in [1.82, 2.24) is 90.4 Å². The molecular formula is C70H92N18. The Bertz CT molecular complexity index is 2770. The smallest absolute Gasteiger partial charge is 0.147 e. The minimum atomic E-state index is 0.718. The number of aromatic nitrogens is 18. The van der Waals surface area contributed by atoms with Gasteiger partial charge in [0.2, 0.25) is 0 Å². The summed E-state index contributed by atoms with van der Waals surface area (Å²) in [7, 11) is 0. The minimum absolute atomic E-state index is 0.718. The van der Waals surface area contributed by atoms with Crippen LogP contribution in [0.5, 0.6) is 0 Å². The fourth-order valence-electron chi connectivity index (χ4n) is 5.50. The van der Waals surface area contributed by atoms with Crippen molar-refractivity contribution in [2.45, 2.75) is 152 Å². The van der Waals surface area contributed by atoms with E-state index in [4.69, 9.17) is 0 Å². The Hall–Kier alpha value is -9.84. The molecule has 0 amide bonds. The molecule has 0 bridgehead atoms. The van der Waals surface area contributed by atoms with Crippen molar-refractivity contribution in [3.63, 3.8) is 0 Å². The van der Waals surface area contributed by atoms with Gasteiger partial charge in [-0.05, 0) is 250 Å². The van der Waals surface area contributed by atoms with Crippen LogP contribution >= 0.6 is 0 Å². The Labute approximate surface area is 524 Å². The van der Waals surface area contributed by atoms with Crippen molar-refractivity contribution in [3.05, 3.63) is 284 Å². The van der Waals surface area contributed by atoms with Gasteiger partial charge in [-0.15, -0.1) is 10.2 Å². The average Bonchev–Trinajstić information content (AvgIpc) is 3.51. The second-order valence-corrected chi connectivity index (χ2v) is 20.2. The number of hydrogen-bond acceptors (Lipinski definition) is 18. The average molecular weight is 1190 g/mol. The molecule has 462 valence electrons. The van der Waals surface area contributed by atoms with Gasteiger partial charge in [-0.3, -0.25) is 39.9 Å². The van der Waals surface area contributed by atoms with Crippen LogP contribution in [0.2, 0.25) is 0 Å². The third-order valence-corrected chi connectivity index (χ3v) is 12.3. The summed E-state index contributed by atoms with van der Waals surface area (Å²) in [6, 6.07) is 22.0. The normalized spacial score (nSPS) is 9.25. The third-order valence-electron chi connectivity index (χ3n) is 12.3. The number of rotatable bonds is 0. The molecule has 11 aromatic rings. The topological polar surface area (TPSA) is 232 Å². The van der Waals surface area contributed by atoms with Crippen LogP contribution in [-0.4, -0.2) is 90.4 Å². The maximum Gasteiger partial charge on any atom is 0.147 e. The van der Waals surface area contributed by atoms with Crippen LogP contribution in [0.4, 0.5) is 0 Å². The summed E-state index contributed by atoms with van der Waals surface area (Å²) in [5.41, 5.74) is 21.6. The quantitative estimate of drug-likeness (QED) is 0.137. The molecule has 0 aliphatic rings. The maximum absolute atomic E-state index is 4.08. The number of hydrogen-bond donors (Lipinski definition) is 0. The van der Waals surface area contributed by atoms with Crippen molar-refractivity contribution >= 4 is 0 Å². The second-order valence-electron chi connectivity index (χ2n) is 20.2. The van der Waals surface area contributed by atoms with E-state index in [1.54, 1.807) is 31.0 Å². The predicted octanol–water partition coefficient (Wildman–Crippen LogP) is 14.4. The first-order valence-electron chi connectivity index (χ1n) is 28.6. The van der Waals surface area contributed by atoms with Crippen molar-refractivity contribution < 1.29 is 0 Å². The summed E-state index contributed by atoms with van der Waals surface area (Å²) in [5, 5.41) is 22.5. The number of nitrogens with zero attached hydrogens (tertiary/aromatic N) is 18. The summed E-state index contributed by atoms with van der Waals surface area (Å²) in [6.45, 7) is 43.5. The van der Waals surface area contributed by atoms with Gasteiger partial charge < -0.3 is 0 Å². The number of pyridine rings is 6. The lowest BCUT2D eigenvalue weighted by Crippen LogP contribution is -1.91. The first-order chi connectivity index (χ1) is 41.8. The van der Waals surface area contributed by atoms with Gasteiger partial charge in [0.15, 0.2) is 0 Å². The largest absolute Gasteiger partial charge is 0.264 e. The van der Waals surface area contributed by atoms with Gasteiger partial charge in [0, 0.05) is 103 Å². The molecule has 0 aromatic carbocycles. The lowest BCUT2D eigenvalue weighted by atomic mass is 10.2. The molecule has 11 rings (SSSR count). The van der Waals surface area contributed by atoms with Crippen LogP contribution in [0.25, 0.3) is 0 Å². The summed E-state index contributed by atoms with van der Waals surface area (Å²) in [5.74, 6) is 2.27. The van der Waals surface area contributed by atoms with Gasteiger partial charge in [0.1, 0.15) is 17.5 Å². The molecule has 18 heteroatoms. The van der Waals surface area contributed by atoms with E-state index in [1.165, 1.54) is 50.1 Å². The highest BCUT2D eigenvalue weighted by molar-refractivity contribution is 5.21. The maximum atomic E-state index is 4.08. The third kappa shape index (κ3) is 37.5. The van der Waals surface area contributed by atoms with Gasteiger partial charge in [-0.1, -0.05) is 24.3 Å². The Morgan fingerprint density at radius 2 is 0.511 bits per heavy atom. The van der Waals surface area contributed by atoms with Crippen LogP contribution < -0.4 is 0 Å². The van der Waals surface area contributed by atoms with Gasteiger partial charge in [0.25, 0.3) is 0 Å². The van der Waals surface area contributed by atoms with E-state index in [1.807, 2.05) is 201 Å². The molecule has 0 radical (unpaired) electrons. The fraction of sp³-hybridized carbons (Fsp3) is 0.314. The van der Waals surface area contributed by atoms with Crippen LogP contribution in [-0.2, 0) is 0 Å². The fourth-order valence-corrected chi connectivity index (χ4v) is 5.50. The molecule has 0 spiro atoms. The van der Waals surface area contributed by atoms with Crippen molar-refractivity contribution in [2.24, 2.45) is 0 Å². The zero-order chi connectivity index (χ0) is 65.8. The van der Waals surface area contributed by atoms with Crippen LogP contribution in [0, 0.1) is 152 Å². The monoisotopic (exact) mass is 1180 g/mol. The molecule has 0 aliphatic carbocycles. The summed E-state index contributed by atoms with van der Waals surface area (Å²) >= 11 is 0. The van der Waals surface area contributed by atoms with E-state index in [-0.39, 0.29) is 0 Å². The molecule has 0 atom stereocenters. The van der Waals surface area contributed by atoms with Crippen LogP contribution in [0.3, 0.4) is 0 Å². The van der Waals surface area contributed by atoms with Gasteiger partial charge >= 0.3 is 0 Å². The lowest BCUT2D eigenvalue weighted by Gasteiger charge is -1.92. The van der Waals surface area contributed by atoms with E-state index in [2.05, 4.69) is 170 Å². The highest BCUT2D eigenvalue weighted by Crippen LogP contribution is 2.04. The highest BCUT2D eigenvalue weighted by Gasteiger charge is 1.92. The Morgan fingerprint density at radius 3 is 0.705 bits per heavy atom. The summed E-state index contributed by atoms with van der Waals surface area (Å²) in [4.78, 5) is 48.0. The zero-order valence-corrected chi connectivity index (χ0v) is 56.1. The molecule has 0 aliphatic heterocycles. The lowest BCUT2D eigenvalue weighted by molar-refractivity contribution is 0.874. The molecule has 11 aromatic heterocycles. The highest BCUT2D eigenvalue weighted by atomic mass is 15.2. The van der Waals surface area contributed by atoms with Gasteiger partial charge in [-0.25, -0.2) is 19.9 Å². The van der Waals surface area contributed by atoms with E-state index >= 15 is 0 Å². The standard InChI is InChI=1S/6C7H9N.3C6H8N2.2C5H7N3/c2*1-6-3-4-8-5-7(6)2;4*1-6-4-3-5-8-7(6)2;1-5-3-8-6(2)4-7-5;1-5-3-7-6(2)8-4-5;1-5-3-4-7-8-6(5)2;2*1-4-3-6-5(2)8-7-4/h6*3-5H,1-2H3;3*3-4H,1-2H3;2*3H,1-2H3. The van der Waals surface area contributed by atoms with E-state index in [0.29, 0.717) is 0 Å².